The van der Waals surface area contributed by atoms with Crippen molar-refractivity contribution in [1.82, 2.24) is 0 Å². The molecule has 0 radical (unpaired) electrons. The molecule has 0 nitrogen and oxygen atoms in total. The van der Waals surface area contributed by atoms with E-state index >= 15 is 0 Å². The van der Waals surface area contributed by atoms with Gasteiger partial charge < -0.3 is 0 Å². The Hall–Kier alpha value is -0.940. The molecular formula is C16H12S4. The van der Waals surface area contributed by atoms with Crippen LogP contribution in [0.1, 0.15) is 11.1 Å². The Labute approximate surface area is 134 Å². The van der Waals surface area contributed by atoms with E-state index in [1.54, 1.807) is 0 Å². The molecule has 0 saturated carbocycles. The third-order valence-electron chi connectivity index (χ3n) is 3.51. The van der Waals surface area contributed by atoms with Crippen LogP contribution in [0.2, 0.25) is 0 Å². The first-order chi connectivity index (χ1) is 9.75. The van der Waals surface area contributed by atoms with Gasteiger partial charge >= 0.3 is 0 Å². The highest BCUT2D eigenvalue weighted by Gasteiger charge is 2.18. The van der Waals surface area contributed by atoms with Crippen LogP contribution in [0, 0.1) is 13.8 Å². The van der Waals surface area contributed by atoms with Crippen LogP contribution in [-0.4, -0.2) is 0 Å². The molecule has 0 fully saturated rings. The van der Waals surface area contributed by atoms with Gasteiger partial charge in [0.25, 0.3) is 0 Å². The van der Waals surface area contributed by atoms with Crippen molar-refractivity contribution in [2.75, 3.05) is 0 Å². The topological polar surface area (TPSA) is 0 Å². The van der Waals surface area contributed by atoms with E-state index in [1.165, 1.54) is 40.0 Å². The van der Waals surface area contributed by atoms with E-state index in [2.05, 4.69) is 48.9 Å². The van der Waals surface area contributed by atoms with E-state index in [9.17, 15) is 0 Å². The molecule has 0 N–H and O–H groups in total. The van der Waals surface area contributed by atoms with Crippen LogP contribution in [0.4, 0.5) is 0 Å². The van der Waals surface area contributed by atoms with Gasteiger partial charge in [-0.2, -0.15) is 0 Å². The highest BCUT2D eigenvalue weighted by molar-refractivity contribution is 7.42. The quantitative estimate of drug-likeness (QED) is 0.369. The minimum Gasteiger partial charge on any atom is -0.143 e. The van der Waals surface area contributed by atoms with Crippen LogP contribution in [0.3, 0.4) is 0 Å². The first-order valence-corrected chi connectivity index (χ1v) is 9.75. The maximum absolute atomic E-state index is 2.27. The van der Waals surface area contributed by atoms with E-state index in [0.717, 1.165) is 0 Å². The van der Waals surface area contributed by atoms with E-state index < -0.39 is 0 Å². The highest BCUT2D eigenvalue weighted by atomic mass is 32.2. The predicted octanol–water partition coefficient (Wildman–Crippen LogP) is 7.04. The van der Waals surface area contributed by atoms with Crippen molar-refractivity contribution in [3.05, 3.63) is 46.2 Å². The van der Waals surface area contributed by atoms with Crippen LogP contribution in [-0.2, 0) is 0 Å². The van der Waals surface area contributed by atoms with Crippen LogP contribution < -0.4 is 0 Å². The van der Waals surface area contributed by atoms with Gasteiger partial charge in [-0.15, -0.1) is 45.3 Å². The van der Waals surface area contributed by atoms with Crippen LogP contribution in [0.15, 0.2) is 35.0 Å². The van der Waals surface area contributed by atoms with Crippen molar-refractivity contribution in [2.45, 2.75) is 13.8 Å². The molecule has 0 aliphatic heterocycles. The molecule has 0 unspecified atom stereocenters. The van der Waals surface area contributed by atoms with Crippen molar-refractivity contribution in [2.24, 2.45) is 0 Å². The Balaban J connectivity index is 1.96. The van der Waals surface area contributed by atoms with Gasteiger partial charge in [0.05, 0.1) is 4.01 Å². The monoisotopic (exact) mass is 332 g/mol. The van der Waals surface area contributed by atoms with Gasteiger partial charge in [-0.05, 0) is 47.9 Å². The Morgan fingerprint density at radius 2 is 1.25 bits per heavy atom. The number of fused-ring (bicyclic) bond motifs is 1. The van der Waals surface area contributed by atoms with E-state index in [-0.39, 0.29) is 0 Å². The molecule has 20 heavy (non-hydrogen) atoms. The lowest BCUT2D eigenvalue weighted by Crippen LogP contribution is -1.75. The van der Waals surface area contributed by atoms with Gasteiger partial charge in [0.2, 0.25) is 0 Å². The summed E-state index contributed by atoms with van der Waals surface area (Å²) in [6, 6.07) is 8.72. The van der Waals surface area contributed by atoms with Gasteiger partial charge in [-0.3, -0.25) is 0 Å². The predicted molar refractivity (Wildman–Crippen MR) is 95.8 cm³/mol. The molecule has 0 bridgehead atoms. The van der Waals surface area contributed by atoms with E-state index in [0.29, 0.717) is 0 Å². The molecule has 100 valence electrons. The maximum Gasteiger partial charge on any atom is 0.0884 e. The molecule has 4 aromatic heterocycles. The maximum atomic E-state index is 2.27. The third kappa shape index (κ3) is 1.83. The van der Waals surface area contributed by atoms with Gasteiger partial charge in [0, 0.05) is 24.9 Å². The van der Waals surface area contributed by atoms with Crippen molar-refractivity contribution >= 4 is 54.7 Å². The van der Waals surface area contributed by atoms with Crippen LogP contribution >= 0.6 is 45.3 Å². The summed E-state index contributed by atoms with van der Waals surface area (Å²) >= 11 is 7.56. The zero-order valence-electron chi connectivity index (χ0n) is 11.1. The summed E-state index contributed by atoms with van der Waals surface area (Å²) in [7, 11) is 0. The Morgan fingerprint density at radius 3 is 1.60 bits per heavy atom. The molecular weight excluding hydrogens is 320 g/mol. The molecule has 0 saturated heterocycles. The summed E-state index contributed by atoms with van der Waals surface area (Å²) in [6.45, 7) is 4.54. The third-order valence-corrected chi connectivity index (χ3v) is 8.29. The summed E-state index contributed by atoms with van der Waals surface area (Å²) in [5.41, 5.74) is 2.90. The molecule has 0 atom stereocenters. The van der Waals surface area contributed by atoms with Gasteiger partial charge in [0.15, 0.2) is 0 Å². The smallest absolute Gasteiger partial charge is 0.0884 e. The summed E-state index contributed by atoms with van der Waals surface area (Å²) in [5, 5.41) is 5.80. The molecule has 0 aliphatic carbocycles. The fourth-order valence-electron chi connectivity index (χ4n) is 2.56. The SMILES string of the molecule is Cc1c(-c2cccs2)sc2sc(-c3cccs3)c(C)c12. The van der Waals surface area contributed by atoms with Crippen molar-refractivity contribution in [3.8, 4) is 19.5 Å². The van der Waals surface area contributed by atoms with Crippen molar-refractivity contribution in [3.63, 3.8) is 0 Å². The number of hydrogen-bond acceptors (Lipinski definition) is 4. The van der Waals surface area contributed by atoms with Gasteiger partial charge in [-0.1, -0.05) is 12.1 Å². The fraction of sp³-hybridized carbons (Fsp3) is 0.125. The Bertz CT molecular complexity index is 788. The average molecular weight is 333 g/mol. The first kappa shape index (κ1) is 12.8. The molecule has 0 amide bonds. The highest BCUT2D eigenvalue weighted by Crippen LogP contribution is 2.49. The molecule has 4 rings (SSSR count). The second-order valence-corrected chi connectivity index (χ2v) is 8.92. The molecule has 0 aromatic carbocycles. The number of aryl methyl sites for hydroxylation is 2. The zero-order valence-corrected chi connectivity index (χ0v) is 14.4. The summed E-state index contributed by atoms with van der Waals surface area (Å²) < 4.78 is 1.46. The van der Waals surface area contributed by atoms with Gasteiger partial charge in [0.1, 0.15) is 0 Å². The standard InChI is InChI=1S/C16H12S4/c1-9-13-10(2)15(12-6-4-8-18-12)20-16(13)19-14(9)11-5-3-7-17-11/h3-8H,1-2H3. The Morgan fingerprint density at radius 1 is 0.750 bits per heavy atom. The molecule has 0 spiro atoms. The number of rotatable bonds is 2. The summed E-state index contributed by atoms with van der Waals surface area (Å²) in [4.78, 5) is 5.69. The number of thiophene rings is 4. The average Bonchev–Trinajstić information content (AvgIpc) is 3.17. The number of hydrogen-bond donors (Lipinski definition) is 0. The van der Waals surface area contributed by atoms with Crippen LogP contribution in [0.5, 0.6) is 0 Å². The summed E-state index contributed by atoms with van der Waals surface area (Å²) in [5.74, 6) is 0. The summed E-state index contributed by atoms with van der Waals surface area (Å²) in [6.07, 6.45) is 0. The molecule has 4 aromatic rings. The minimum atomic E-state index is 1.40. The Kier molecular flexibility index (Phi) is 3.07. The van der Waals surface area contributed by atoms with E-state index in [4.69, 9.17) is 0 Å². The lowest BCUT2D eigenvalue weighted by molar-refractivity contribution is 1.54. The van der Waals surface area contributed by atoms with Gasteiger partial charge in [-0.25, -0.2) is 0 Å². The first-order valence-electron chi connectivity index (χ1n) is 6.36. The van der Waals surface area contributed by atoms with E-state index in [1.807, 2.05) is 45.3 Å². The van der Waals surface area contributed by atoms with Crippen molar-refractivity contribution in [1.29, 1.82) is 0 Å². The second kappa shape index (κ2) is 4.81. The fourth-order valence-corrected chi connectivity index (χ4v) is 7.24. The lowest BCUT2D eigenvalue weighted by atomic mass is 10.1. The lowest BCUT2D eigenvalue weighted by Gasteiger charge is -1.98. The molecule has 0 aliphatic rings. The normalized spacial score (nSPS) is 11.5. The molecule has 4 heterocycles. The van der Waals surface area contributed by atoms with Crippen molar-refractivity contribution < 1.29 is 0 Å². The molecule has 4 heteroatoms. The zero-order chi connectivity index (χ0) is 13.7. The minimum absolute atomic E-state index is 1.40. The second-order valence-electron chi connectivity index (χ2n) is 4.73. The van der Waals surface area contributed by atoms with Crippen LogP contribution in [0.25, 0.3) is 28.9 Å². The largest absolute Gasteiger partial charge is 0.143 e.